The number of rotatable bonds is 3. The molecule has 0 aliphatic carbocycles. The fraction of sp³-hybridized carbons (Fsp3) is 0.250. The standard InChI is InChI=1S/C16H20N2/c1-11-6-4-9-14(10-11)16(18-17)15-12(2)7-5-8-13(15)3/h4-10,16,18H,17H2,1-3H3. The Kier molecular flexibility index (Phi) is 3.80. The minimum Gasteiger partial charge on any atom is -0.271 e. The van der Waals surface area contributed by atoms with Crippen molar-refractivity contribution in [2.45, 2.75) is 26.8 Å². The molecule has 1 unspecified atom stereocenters. The molecule has 94 valence electrons. The Morgan fingerprint density at radius 1 is 0.944 bits per heavy atom. The van der Waals surface area contributed by atoms with E-state index in [-0.39, 0.29) is 6.04 Å². The number of hydrogen-bond donors (Lipinski definition) is 2. The second-order valence-corrected chi connectivity index (χ2v) is 4.82. The van der Waals surface area contributed by atoms with Gasteiger partial charge in [-0.05, 0) is 43.0 Å². The molecular weight excluding hydrogens is 220 g/mol. The summed E-state index contributed by atoms with van der Waals surface area (Å²) in [6.45, 7) is 6.35. The third-order valence-electron chi connectivity index (χ3n) is 3.37. The molecule has 0 bridgehead atoms. The summed E-state index contributed by atoms with van der Waals surface area (Å²) in [5.74, 6) is 5.77. The topological polar surface area (TPSA) is 38.0 Å². The van der Waals surface area contributed by atoms with Crippen LogP contribution in [0, 0.1) is 20.8 Å². The zero-order valence-corrected chi connectivity index (χ0v) is 11.2. The van der Waals surface area contributed by atoms with Gasteiger partial charge >= 0.3 is 0 Å². The lowest BCUT2D eigenvalue weighted by molar-refractivity contribution is 0.630. The summed E-state index contributed by atoms with van der Waals surface area (Å²) in [5.41, 5.74) is 9.19. The van der Waals surface area contributed by atoms with E-state index in [9.17, 15) is 0 Å². The smallest absolute Gasteiger partial charge is 0.0715 e. The molecule has 2 rings (SSSR count). The van der Waals surface area contributed by atoms with Crippen LogP contribution in [0.1, 0.15) is 33.9 Å². The van der Waals surface area contributed by atoms with Crippen LogP contribution < -0.4 is 11.3 Å². The molecule has 0 saturated heterocycles. The van der Waals surface area contributed by atoms with Gasteiger partial charge in [0.25, 0.3) is 0 Å². The lowest BCUT2D eigenvalue weighted by Gasteiger charge is -2.21. The molecule has 2 aromatic rings. The van der Waals surface area contributed by atoms with Crippen molar-refractivity contribution in [3.63, 3.8) is 0 Å². The van der Waals surface area contributed by atoms with Gasteiger partial charge in [-0.15, -0.1) is 0 Å². The molecule has 0 aromatic heterocycles. The monoisotopic (exact) mass is 240 g/mol. The quantitative estimate of drug-likeness (QED) is 0.639. The second-order valence-electron chi connectivity index (χ2n) is 4.82. The average Bonchev–Trinajstić information content (AvgIpc) is 2.34. The molecule has 1 atom stereocenters. The number of benzene rings is 2. The van der Waals surface area contributed by atoms with E-state index in [2.05, 4.69) is 68.7 Å². The van der Waals surface area contributed by atoms with Crippen LogP contribution in [0.25, 0.3) is 0 Å². The van der Waals surface area contributed by atoms with Crippen LogP contribution in [0.2, 0.25) is 0 Å². The fourth-order valence-corrected chi connectivity index (χ4v) is 2.48. The van der Waals surface area contributed by atoms with Gasteiger partial charge in [0.1, 0.15) is 0 Å². The van der Waals surface area contributed by atoms with Crippen molar-refractivity contribution >= 4 is 0 Å². The van der Waals surface area contributed by atoms with Gasteiger partial charge in [-0.2, -0.15) is 0 Å². The molecule has 2 heteroatoms. The number of hydrogen-bond acceptors (Lipinski definition) is 2. The molecule has 0 saturated carbocycles. The van der Waals surface area contributed by atoms with Crippen LogP contribution in [0.4, 0.5) is 0 Å². The largest absolute Gasteiger partial charge is 0.271 e. The third kappa shape index (κ3) is 2.45. The predicted molar refractivity (Wildman–Crippen MR) is 76.3 cm³/mol. The Morgan fingerprint density at radius 3 is 2.11 bits per heavy atom. The molecule has 0 spiro atoms. The number of nitrogens with one attached hydrogen (secondary N) is 1. The highest BCUT2D eigenvalue weighted by molar-refractivity contribution is 5.42. The van der Waals surface area contributed by atoms with Gasteiger partial charge in [-0.25, -0.2) is 5.43 Å². The molecule has 0 radical (unpaired) electrons. The first-order valence-electron chi connectivity index (χ1n) is 6.22. The van der Waals surface area contributed by atoms with E-state index >= 15 is 0 Å². The van der Waals surface area contributed by atoms with Gasteiger partial charge in [0.2, 0.25) is 0 Å². The molecule has 2 nitrogen and oxygen atoms in total. The van der Waals surface area contributed by atoms with E-state index in [1.54, 1.807) is 0 Å². The van der Waals surface area contributed by atoms with Gasteiger partial charge in [0.15, 0.2) is 0 Å². The average molecular weight is 240 g/mol. The maximum Gasteiger partial charge on any atom is 0.0715 e. The first-order valence-corrected chi connectivity index (χ1v) is 6.22. The summed E-state index contributed by atoms with van der Waals surface area (Å²) in [6.07, 6.45) is 0. The van der Waals surface area contributed by atoms with Gasteiger partial charge in [-0.1, -0.05) is 48.0 Å². The summed E-state index contributed by atoms with van der Waals surface area (Å²) in [7, 11) is 0. The van der Waals surface area contributed by atoms with Crippen molar-refractivity contribution in [2.75, 3.05) is 0 Å². The number of nitrogens with two attached hydrogens (primary N) is 1. The number of hydrazine groups is 1. The number of aryl methyl sites for hydroxylation is 3. The van der Waals surface area contributed by atoms with Crippen molar-refractivity contribution in [1.82, 2.24) is 5.43 Å². The summed E-state index contributed by atoms with van der Waals surface area (Å²) in [5, 5.41) is 0. The Morgan fingerprint density at radius 2 is 1.56 bits per heavy atom. The SMILES string of the molecule is Cc1cccc(C(NN)c2c(C)cccc2C)c1. The Bertz CT molecular complexity index is 526. The molecule has 2 aromatic carbocycles. The zero-order chi connectivity index (χ0) is 13.1. The van der Waals surface area contributed by atoms with Gasteiger partial charge in [-0.3, -0.25) is 5.84 Å². The van der Waals surface area contributed by atoms with Crippen LogP contribution in [-0.4, -0.2) is 0 Å². The molecule has 0 amide bonds. The van der Waals surface area contributed by atoms with E-state index in [4.69, 9.17) is 5.84 Å². The summed E-state index contributed by atoms with van der Waals surface area (Å²) < 4.78 is 0. The fourth-order valence-electron chi connectivity index (χ4n) is 2.48. The normalized spacial score (nSPS) is 12.4. The van der Waals surface area contributed by atoms with Crippen LogP contribution in [-0.2, 0) is 0 Å². The molecule has 0 aliphatic heterocycles. The molecule has 0 fully saturated rings. The summed E-state index contributed by atoms with van der Waals surface area (Å²) >= 11 is 0. The molecule has 0 aliphatic rings. The van der Waals surface area contributed by atoms with Crippen LogP contribution in [0.5, 0.6) is 0 Å². The van der Waals surface area contributed by atoms with Crippen molar-refractivity contribution in [2.24, 2.45) is 5.84 Å². The molecule has 18 heavy (non-hydrogen) atoms. The van der Waals surface area contributed by atoms with Crippen LogP contribution in [0.15, 0.2) is 42.5 Å². The van der Waals surface area contributed by atoms with Gasteiger partial charge < -0.3 is 0 Å². The van der Waals surface area contributed by atoms with E-state index in [0.29, 0.717) is 0 Å². The van der Waals surface area contributed by atoms with Gasteiger partial charge in [0, 0.05) is 0 Å². The first kappa shape index (κ1) is 12.8. The molecular formula is C16H20N2. The maximum atomic E-state index is 5.77. The van der Waals surface area contributed by atoms with Gasteiger partial charge in [0.05, 0.1) is 6.04 Å². The lowest BCUT2D eigenvalue weighted by atomic mass is 9.91. The minimum absolute atomic E-state index is 0.0473. The van der Waals surface area contributed by atoms with Crippen molar-refractivity contribution in [3.8, 4) is 0 Å². The third-order valence-corrected chi connectivity index (χ3v) is 3.37. The highest BCUT2D eigenvalue weighted by Crippen LogP contribution is 2.27. The van der Waals surface area contributed by atoms with Crippen LogP contribution in [0.3, 0.4) is 0 Å². The van der Waals surface area contributed by atoms with Crippen molar-refractivity contribution < 1.29 is 0 Å². The van der Waals surface area contributed by atoms with E-state index < -0.39 is 0 Å². The van der Waals surface area contributed by atoms with E-state index in [0.717, 1.165) is 0 Å². The predicted octanol–water partition coefficient (Wildman–Crippen LogP) is 3.16. The summed E-state index contributed by atoms with van der Waals surface area (Å²) in [4.78, 5) is 0. The lowest BCUT2D eigenvalue weighted by Crippen LogP contribution is -2.30. The Labute approximate surface area is 109 Å². The molecule has 0 heterocycles. The highest BCUT2D eigenvalue weighted by atomic mass is 15.2. The highest BCUT2D eigenvalue weighted by Gasteiger charge is 2.16. The minimum atomic E-state index is 0.0473. The Hall–Kier alpha value is -1.64. The Balaban J connectivity index is 2.52. The van der Waals surface area contributed by atoms with Crippen LogP contribution >= 0.6 is 0 Å². The van der Waals surface area contributed by atoms with Crippen molar-refractivity contribution in [3.05, 3.63) is 70.3 Å². The van der Waals surface area contributed by atoms with Crippen molar-refractivity contribution in [1.29, 1.82) is 0 Å². The first-order chi connectivity index (χ1) is 8.63. The summed E-state index contributed by atoms with van der Waals surface area (Å²) in [6, 6.07) is 14.8. The maximum absolute atomic E-state index is 5.77. The van der Waals surface area contributed by atoms with E-state index in [1.807, 2.05) is 0 Å². The second kappa shape index (κ2) is 5.34. The zero-order valence-electron chi connectivity index (χ0n) is 11.2. The van der Waals surface area contributed by atoms with E-state index in [1.165, 1.54) is 27.8 Å². The molecule has 3 N–H and O–H groups in total.